The van der Waals surface area contributed by atoms with Gasteiger partial charge >= 0.3 is 0 Å². The molecular weight excluding hydrogens is 625 g/mol. The van der Waals surface area contributed by atoms with Crippen LogP contribution >= 0.6 is 0 Å². The molecule has 4 aromatic carbocycles. The molecule has 0 heterocycles. The Morgan fingerprint density at radius 3 is 1.94 bits per heavy atom. The maximum Gasteiger partial charge on any atom is 0.251 e. The predicted octanol–water partition coefficient (Wildman–Crippen LogP) is 5.55. The lowest BCUT2D eigenvalue weighted by Gasteiger charge is -2.25. The lowest BCUT2D eigenvalue weighted by atomic mass is 9.99. The third-order valence-electron chi connectivity index (χ3n) is 8.14. The summed E-state index contributed by atoms with van der Waals surface area (Å²) in [4.78, 5) is 27.2. The fraction of sp³-hybridized carbons (Fsp3) is 0.316. The molecule has 10 heteroatoms. The average molecular weight is 671 g/mol. The van der Waals surface area contributed by atoms with Crippen LogP contribution in [0.2, 0.25) is 0 Å². The minimum Gasteiger partial charge on any atom is -0.390 e. The molecule has 48 heavy (non-hydrogen) atoms. The molecule has 4 rings (SSSR count). The summed E-state index contributed by atoms with van der Waals surface area (Å²) < 4.78 is 27.4. The first-order valence-electron chi connectivity index (χ1n) is 16.3. The van der Waals surface area contributed by atoms with Crippen LogP contribution in [-0.4, -0.2) is 49.8 Å². The first kappa shape index (κ1) is 36.3. The van der Waals surface area contributed by atoms with Crippen molar-refractivity contribution in [2.45, 2.75) is 64.8 Å². The Morgan fingerprint density at radius 1 is 0.729 bits per heavy atom. The zero-order chi connectivity index (χ0) is 34.7. The number of carbonyl (C=O) groups is 2. The molecule has 9 nitrogen and oxygen atoms in total. The van der Waals surface area contributed by atoms with Gasteiger partial charge in [0.25, 0.3) is 11.8 Å². The van der Waals surface area contributed by atoms with Crippen molar-refractivity contribution in [3.8, 4) is 0 Å². The fourth-order valence-electron chi connectivity index (χ4n) is 5.28. The van der Waals surface area contributed by atoms with Gasteiger partial charge in [-0.15, -0.1) is 0 Å². The summed E-state index contributed by atoms with van der Waals surface area (Å²) in [6, 6.07) is 30.4. The summed E-state index contributed by atoms with van der Waals surface area (Å²) in [7, 11) is -3.70. The Hall–Kier alpha value is -4.51. The first-order valence-corrected chi connectivity index (χ1v) is 17.9. The van der Waals surface area contributed by atoms with Gasteiger partial charge in [-0.05, 0) is 66.6 Å². The second-order valence-corrected chi connectivity index (χ2v) is 14.3. The zero-order valence-corrected chi connectivity index (χ0v) is 28.8. The van der Waals surface area contributed by atoms with E-state index in [2.05, 4.69) is 46.7 Å². The molecule has 0 aliphatic heterocycles. The minimum absolute atomic E-state index is 0.0764. The molecule has 0 fully saturated rings. The summed E-state index contributed by atoms with van der Waals surface area (Å²) in [5.41, 5.74) is 4.42. The van der Waals surface area contributed by atoms with Crippen molar-refractivity contribution in [2.75, 3.05) is 17.0 Å². The number of rotatable bonds is 16. The molecular formula is C38H46N4O5S. The van der Waals surface area contributed by atoms with Crippen LogP contribution in [0.5, 0.6) is 0 Å². The fourth-order valence-corrected chi connectivity index (χ4v) is 5.90. The van der Waals surface area contributed by atoms with Crippen molar-refractivity contribution >= 4 is 27.5 Å². The number of nitrogens with one attached hydrogen (secondary N) is 4. The van der Waals surface area contributed by atoms with Crippen molar-refractivity contribution in [1.82, 2.24) is 16.0 Å². The standard InChI is InChI=1S/C38H46N4O5S/c1-5-48(46,47)42-34-22-32(37(44)40-27(4)30-16-10-7-11-17-30)21-33(23-34)38(45)41-35(20-28-13-8-6-9-14-28)36(43)25-39-24-29-15-12-18-31(19-29)26(2)3/h6-19,21-23,26-27,35-36,39,42-43H,5,20,24-25H2,1-4H3,(H,40,44)(H,41,45)/t27-,35+,36-/m1/s1. The second kappa shape index (κ2) is 17.1. The van der Waals surface area contributed by atoms with Gasteiger partial charge in [-0.2, -0.15) is 0 Å². The molecule has 0 saturated carbocycles. The van der Waals surface area contributed by atoms with Gasteiger partial charge in [0.05, 0.1) is 29.6 Å². The van der Waals surface area contributed by atoms with Gasteiger partial charge in [-0.25, -0.2) is 8.42 Å². The number of aliphatic hydroxyl groups excluding tert-OH is 1. The van der Waals surface area contributed by atoms with Crippen molar-refractivity contribution in [3.05, 3.63) is 137 Å². The highest BCUT2D eigenvalue weighted by Gasteiger charge is 2.24. The maximum atomic E-state index is 13.8. The third-order valence-corrected chi connectivity index (χ3v) is 9.44. The van der Waals surface area contributed by atoms with Crippen LogP contribution in [0.3, 0.4) is 0 Å². The van der Waals surface area contributed by atoms with Crippen LogP contribution < -0.4 is 20.7 Å². The van der Waals surface area contributed by atoms with Crippen LogP contribution in [0, 0.1) is 0 Å². The third kappa shape index (κ3) is 10.8. The highest BCUT2D eigenvalue weighted by molar-refractivity contribution is 7.92. The molecule has 3 atom stereocenters. The molecule has 4 aromatic rings. The van der Waals surface area contributed by atoms with E-state index in [4.69, 9.17) is 0 Å². The number of sulfonamides is 1. The quantitative estimate of drug-likeness (QED) is 0.106. The van der Waals surface area contributed by atoms with Crippen LogP contribution in [-0.2, 0) is 23.0 Å². The van der Waals surface area contributed by atoms with Crippen molar-refractivity contribution in [1.29, 1.82) is 0 Å². The second-order valence-electron chi connectivity index (χ2n) is 12.3. The number of benzene rings is 4. The minimum atomic E-state index is -3.70. The Labute approximate surface area is 284 Å². The lowest BCUT2D eigenvalue weighted by molar-refractivity contribution is 0.0830. The van der Waals surface area contributed by atoms with E-state index in [1.165, 1.54) is 30.7 Å². The highest BCUT2D eigenvalue weighted by atomic mass is 32.2. The van der Waals surface area contributed by atoms with Crippen molar-refractivity contribution in [3.63, 3.8) is 0 Å². The average Bonchev–Trinajstić information content (AvgIpc) is 3.08. The van der Waals surface area contributed by atoms with E-state index in [0.717, 1.165) is 16.7 Å². The molecule has 0 radical (unpaired) electrons. The predicted molar refractivity (Wildman–Crippen MR) is 191 cm³/mol. The van der Waals surface area contributed by atoms with Crippen LogP contribution in [0.25, 0.3) is 0 Å². The van der Waals surface area contributed by atoms with Crippen molar-refractivity contribution < 1.29 is 23.1 Å². The van der Waals surface area contributed by atoms with E-state index in [0.29, 0.717) is 18.9 Å². The van der Waals surface area contributed by atoms with E-state index in [9.17, 15) is 23.1 Å². The Balaban J connectivity index is 1.56. The number of hydrogen-bond donors (Lipinski definition) is 5. The molecule has 0 bridgehead atoms. The number of carbonyl (C=O) groups excluding carboxylic acids is 2. The Kier molecular flexibility index (Phi) is 12.9. The number of aliphatic hydroxyl groups is 1. The van der Waals surface area contributed by atoms with Crippen LogP contribution in [0.1, 0.15) is 82.6 Å². The summed E-state index contributed by atoms with van der Waals surface area (Å²) >= 11 is 0. The maximum absolute atomic E-state index is 13.8. The van der Waals surface area contributed by atoms with Gasteiger partial charge in [0.1, 0.15) is 0 Å². The number of anilines is 1. The summed E-state index contributed by atoms with van der Waals surface area (Å²) in [6.45, 7) is 8.38. The number of hydrogen-bond acceptors (Lipinski definition) is 6. The summed E-state index contributed by atoms with van der Waals surface area (Å²) in [6.07, 6.45) is -0.610. The molecule has 0 saturated heterocycles. The highest BCUT2D eigenvalue weighted by Crippen LogP contribution is 2.20. The van der Waals surface area contributed by atoms with Gasteiger partial charge in [-0.3, -0.25) is 14.3 Å². The van der Waals surface area contributed by atoms with Crippen LogP contribution in [0.15, 0.2) is 103 Å². The van der Waals surface area contributed by atoms with Crippen LogP contribution in [0.4, 0.5) is 5.69 Å². The molecule has 5 N–H and O–H groups in total. The normalized spacial score (nSPS) is 13.4. The topological polar surface area (TPSA) is 137 Å². The monoisotopic (exact) mass is 670 g/mol. The largest absolute Gasteiger partial charge is 0.390 e. The van der Waals surface area contributed by atoms with Gasteiger partial charge in [-0.1, -0.05) is 98.8 Å². The zero-order valence-electron chi connectivity index (χ0n) is 27.9. The molecule has 0 spiro atoms. The summed E-state index contributed by atoms with van der Waals surface area (Å²) in [5.74, 6) is -0.807. The molecule has 0 aromatic heterocycles. The first-order chi connectivity index (χ1) is 22.9. The van der Waals surface area contributed by atoms with Gasteiger partial charge in [0.2, 0.25) is 10.0 Å². The number of amides is 2. The van der Waals surface area contributed by atoms with Gasteiger partial charge in [0, 0.05) is 24.2 Å². The summed E-state index contributed by atoms with van der Waals surface area (Å²) in [5, 5.41) is 20.5. The smallest absolute Gasteiger partial charge is 0.251 e. The molecule has 0 aliphatic rings. The Bertz CT molecular complexity index is 1760. The van der Waals surface area contributed by atoms with E-state index in [-0.39, 0.29) is 35.2 Å². The van der Waals surface area contributed by atoms with E-state index in [1.54, 1.807) is 0 Å². The SMILES string of the molecule is CCS(=O)(=O)Nc1cc(C(=O)N[C@@H](Cc2ccccc2)[C@H](O)CNCc2cccc(C(C)C)c2)cc(C(=O)N[C@H](C)c2ccccc2)c1. The molecule has 2 amide bonds. The molecule has 254 valence electrons. The van der Waals surface area contributed by atoms with Gasteiger partial charge < -0.3 is 21.1 Å². The van der Waals surface area contributed by atoms with E-state index >= 15 is 0 Å². The van der Waals surface area contributed by atoms with E-state index in [1.807, 2.05) is 79.7 Å². The van der Waals surface area contributed by atoms with Crippen molar-refractivity contribution in [2.24, 2.45) is 0 Å². The van der Waals surface area contributed by atoms with E-state index < -0.39 is 34.0 Å². The molecule has 0 unspecified atom stereocenters. The van der Waals surface area contributed by atoms with Gasteiger partial charge in [0.15, 0.2) is 0 Å². The molecule has 0 aliphatic carbocycles. The lowest BCUT2D eigenvalue weighted by Crippen LogP contribution is -2.48. The Morgan fingerprint density at radius 2 is 1.31 bits per heavy atom.